The van der Waals surface area contributed by atoms with Crippen molar-refractivity contribution in [3.8, 4) is 5.75 Å². The second-order valence-electron chi connectivity index (χ2n) is 6.57. The molecule has 1 aliphatic carbocycles. The summed E-state index contributed by atoms with van der Waals surface area (Å²) in [6.45, 7) is 10.9. The van der Waals surface area contributed by atoms with Gasteiger partial charge in [-0.15, -0.1) is 0 Å². The van der Waals surface area contributed by atoms with Crippen molar-refractivity contribution in [2.75, 3.05) is 13.2 Å². The molecule has 0 bridgehead atoms. The number of rotatable bonds is 5. The quantitative estimate of drug-likeness (QED) is 0.822. The Morgan fingerprint density at radius 2 is 2.00 bits per heavy atom. The van der Waals surface area contributed by atoms with Crippen molar-refractivity contribution in [2.45, 2.75) is 53.0 Å². The molecule has 0 saturated heterocycles. The van der Waals surface area contributed by atoms with Crippen molar-refractivity contribution in [2.24, 2.45) is 11.8 Å². The number of ether oxygens (including phenoxy) is 1. The molecule has 1 fully saturated rings. The molecule has 0 aromatic heterocycles. The average molecular weight is 276 g/mol. The SMILES string of the molecule is Cc1ccc(OCC[NH2+][C@H]2CCC[C@H](C)[C@H]2C)c(C)c1. The summed E-state index contributed by atoms with van der Waals surface area (Å²) in [4.78, 5) is 0. The monoisotopic (exact) mass is 276 g/mol. The van der Waals surface area contributed by atoms with Gasteiger partial charge in [-0.1, -0.05) is 31.5 Å². The van der Waals surface area contributed by atoms with Crippen LogP contribution in [0.2, 0.25) is 0 Å². The number of aryl methyl sites for hydroxylation is 2. The molecule has 1 aromatic carbocycles. The highest BCUT2D eigenvalue weighted by molar-refractivity contribution is 5.35. The largest absolute Gasteiger partial charge is 0.487 e. The Labute approximate surface area is 123 Å². The van der Waals surface area contributed by atoms with Crippen molar-refractivity contribution < 1.29 is 10.1 Å². The van der Waals surface area contributed by atoms with Crippen LogP contribution in [0.25, 0.3) is 0 Å². The lowest BCUT2D eigenvalue weighted by molar-refractivity contribution is -0.699. The maximum atomic E-state index is 5.91. The Bertz CT molecular complexity index is 429. The molecular weight excluding hydrogens is 246 g/mol. The van der Waals surface area contributed by atoms with Crippen molar-refractivity contribution in [3.05, 3.63) is 29.3 Å². The van der Waals surface area contributed by atoms with E-state index in [1.807, 2.05) is 0 Å². The number of hydrogen-bond donors (Lipinski definition) is 1. The topological polar surface area (TPSA) is 25.8 Å². The van der Waals surface area contributed by atoms with Crippen molar-refractivity contribution in [1.29, 1.82) is 0 Å². The predicted octanol–water partition coefficient (Wildman–Crippen LogP) is 3.07. The van der Waals surface area contributed by atoms with Gasteiger partial charge in [0, 0.05) is 5.92 Å². The number of benzene rings is 1. The highest BCUT2D eigenvalue weighted by Crippen LogP contribution is 2.27. The van der Waals surface area contributed by atoms with Crippen molar-refractivity contribution in [1.82, 2.24) is 0 Å². The molecule has 112 valence electrons. The molecule has 1 saturated carbocycles. The summed E-state index contributed by atoms with van der Waals surface area (Å²) in [5, 5.41) is 2.50. The Kier molecular flexibility index (Phi) is 5.47. The van der Waals surface area contributed by atoms with Gasteiger partial charge in [-0.05, 0) is 50.7 Å². The van der Waals surface area contributed by atoms with E-state index in [9.17, 15) is 0 Å². The van der Waals surface area contributed by atoms with Crippen LogP contribution in [0.15, 0.2) is 18.2 Å². The maximum Gasteiger partial charge on any atom is 0.137 e. The number of quaternary nitrogens is 1. The number of hydrogen-bond acceptors (Lipinski definition) is 1. The van der Waals surface area contributed by atoms with E-state index >= 15 is 0 Å². The van der Waals surface area contributed by atoms with Gasteiger partial charge in [0.2, 0.25) is 0 Å². The molecule has 0 spiro atoms. The Balaban J connectivity index is 1.73. The van der Waals surface area contributed by atoms with Crippen molar-refractivity contribution in [3.63, 3.8) is 0 Å². The molecular formula is C18H30NO+. The Morgan fingerprint density at radius 1 is 1.20 bits per heavy atom. The van der Waals surface area contributed by atoms with Gasteiger partial charge in [-0.25, -0.2) is 0 Å². The molecule has 0 radical (unpaired) electrons. The van der Waals surface area contributed by atoms with Crippen molar-refractivity contribution >= 4 is 0 Å². The molecule has 20 heavy (non-hydrogen) atoms. The highest BCUT2D eigenvalue weighted by Gasteiger charge is 2.29. The summed E-state index contributed by atoms with van der Waals surface area (Å²) in [5.41, 5.74) is 2.54. The second-order valence-corrected chi connectivity index (χ2v) is 6.57. The molecule has 0 aliphatic heterocycles. The minimum atomic E-state index is 0.793. The Hall–Kier alpha value is -1.02. The third-order valence-corrected chi connectivity index (χ3v) is 4.95. The molecule has 3 atom stereocenters. The van der Waals surface area contributed by atoms with E-state index in [0.29, 0.717) is 0 Å². The molecule has 0 heterocycles. The normalized spacial score (nSPS) is 26.5. The molecule has 1 aromatic rings. The zero-order valence-corrected chi connectivity index (χ0v) is 13.5. The van der Waals surface area contributed by atoms with E-state index in [0.717, 1.165) is 36.8 Å². The summed E-state index contributed by atoms with van der Waals surface area (Å²) in [6, 6.07) is 7.19. The summed E-state index contributed by atoms with van der Waals surface area (Å²) in [5.74, 6) is 2.75. The molecule has 2 rings (SSSR count). The number of nitrogens with two attached hydrogens (primary N) is 1. The van der Waals surface area contributed by atoms with Gasteiger partial charge in [0.25, 0.3) is 0 Å². The maximum absolute atomic E-state index is 5.91. The van der Waals surface area contributed by atoms with Crippen LogP contribution in [-0.4, -0.2) is 19.2 Å². The lowest BCUT2D eigenvalue weighted by Crippen LogP contribution is -2.92. The van der Waals surface area contributed by atoms with Crippen LogP contribution >= 0.6 is 0 Å². The van der Waals surface area contributed by atoms with E-state index < -0.39 is 0 Å². The molecule has 2 nitrogen and oxygen atoms in total. The van der Waals surface area contributed by atoms with E-state index in [2.05, 4.69) is 51.2 Å². The zero-order chi connectivity index (χ0) is 14.5. The first kappa shape index (κ1) is 15.4. The fourth-order valence-corrected chi connectivity index (χ4v) is 3.37. The van der Waals surface area contributed by atoms with E-state index in [-0.39, 0.29) is 0 Å². The van der Waals surface area contributed by atoms with Crippen LogP contribution in [0.3, 0.4) is 0 Å². The first-order chi connectivity index (χ1) is 9.58. The molecule has 1 aliphatic rings. The smallest absolute Gasteiger partial charge is 0.137 e. The highest BCUT2D eigenvalue weighted by atomic mass is 16.5. The molecule has 0 amide bonds. The summed E-state index contributed by atoms with van der Waals surface area (Å²) in [7, 11) is 0. The third-order valence-electron chi connectivity index (χ3n) is 4.95. The van der Waals surface area contributed by atoms with Gasteiger partial charge in [0.15, 0.2) is 0 Å². The van der Waals surface area contributed by atoms with Gasteiger partial charge in [-0.2, -0.15) is 0 Å². The first-order valence-electron chi connectivity index (χ1n) is 8.11. The van der Waals surface area contributed by atoms with Crippen LogP contribution in [0, 0.1) is 25.7 Å². The van der Waals surface area contributed by atoms with E-state index in [4.69, 9.17) is 4.74 Å². The van der Waals surface area contributed by atoms with Gasteiger partial charge >= 0.3 is 0 Å². The van der Waals surface area contributed by atoms with Gasteiger partial charge in [-0.3, -0.25) is 0 Å². The Morgan fingerprint density at radius 3 is 2.75 bits per heavy atom. The molecule has 2 heteroatoms. The van der Waals surface area contributed by atoms with E-state index in [1.165, 1.54) is 30.4 Å². The van der Waals surface area contributed by atoms with Crippen LogP contribution in [0.1, 0.15) is 44.2 Å². The fourth-order valence-electron chi connectivity index (χ4n) is 3.37. The third kappa shape index (κ3) is 3.99. The van der Waals surface area contributed by atoms with Crippen LogP contribution in [0.5, 0.6) is 5.75 Å². The molecule has 0 unspecified atom stereocenters. The van der Waals surface area contributed by atoms with Crippen LogP contribution in [0.4, 0.5) is 0 Å². The second kappa shape index (κ2) is 7.12. The fraction of sp³-hybridized carbons (Fsp3) is 0.667. The van der Waals surface area contributed by atoms with Gasteiger partial charge < -0.3 is 10.1 Å². The lowest BCUT2D eigenvalue weighted by Gasteiger charge is -2.32. The standard InChI is InChI=1S/C18H29NO/c1-13-8-9-18(15(3)12-13)20-11-10-19-17-7-5-6-14(2)16(17)4/h8-9,12,14,16-17,19H,5-7,10-11H2,1-4H3/p+1/t14-,16+,17-/m0/s1. The zero-order valence-electron chi connectivity index (χ0n) is 13.5. The average Bonchev–Trinajstić information content (AvgIpc) is 2.41. The minimum Gasteiger partial charge on any atom is -0.487 e. The lowest BCUT2D eigenvalue weighted by atomic mass is 9.78. The van der Waals surface area contributed by atoms with Gasteiger partial charge in [0.1, 0.15) is 18.9 Å². The first-order valence-corrected chi connectivity index (χ1v) is 8.11. The van der Waals surface area contributed by atoms with Gasteiger partial charge in [0.05, 0.1) is 6.04 Å². The van der Waals surface area contributed by atoms with E-state index in [1.54, 1.807) is 0 Å². The minimum absolute atomic E-state index is 0.793. The van der Waals surface area contributed by atoms with Crippen LogP contribution < -0.4 is 10.1 Å². The summed E-state index contributed by atoms with van der Waals surface area (Å²) in [6.07, 6.45) is 4.17. The summed E-state index contributed by atoms with van der Waals surface area (Å²) < 4.78 is 5.91. The predicted molar refractivity (Wildman–Crippen MR) is 84.2 cm³/mol. The molecule has 2 N–H and O–H groups in total. The summed E-state index contributed by atoms with van der Waals surface area (Å²) >= 11 is 0. The van der Waals surface area contributed by atoms with Crippen LogP contribution in [-0.2, 0) is 0 Å².